The number of aromatic nitrogens is 2. The lowest BCUT2D eigenvalue weighted by Gasteiger charge is -2.14. The normalized spacial score (nSPS) is 13.2. The number of nitrogens with zero attached hydrogens (tertiary/aromatic N) is 2. The van der Waals surface area contributed by atoms with E-state index in [1.807, 2.05) is 0 Å². The van der Waals surface area contributed by atoms with Crippen molar-refractivity contribution >= 4 is 11.8 Å². The molecule has 0 aromatic carbocycles. The average molecular weight is 264 g/mol. The van der Waals surface area contributed by atoms with E-state index in [9.17, 15) is 13.2 Å². The van der Waals surface area contributed by atoms with Crippen LogP contribution in [0.25, 0.3) is 0 Å². The highest BCUT2D eigenvalue weighted by atomic mass is 19.4. The first-order valence-electron chi connectivity index (χ1n) is 5.44. The van der Waals surface area contributed by atoms with Crippen LogP contribution in [0.4, 0.5) is 24.9 Å². The van der Waals surface area contributed by atoms with Gasteiger partial charge < -0.3 is 15.7 Å². The molecule has 0 aliphatic heterocycles. The second-order valence-electron chi connectivity index (χ2n) is 3.72. The molecule has 5 nitrogen and oxygen atoms in total. The van der Waals surface area contributed by atoms with Crippen molar-refractivity contribution in [3.05, 3.63) is 11.8 Å². The van der Waals surface area contributed by atoms with Crippen LogP contribution in [0.2, 0.25) is 0 Å². The molecular formula is C10H15F3N4O. The number of nitrogens with one attached hydrogen (secondary N) is 2. The molecule has 0 saturated heterocycles. The van der Waals surface area contributed by atoms with E-state index >= 15 is 0 Å². The number of hydrogen-bond acceptors (Lipinski definition) is 5. The Morgan fingerprint density at radius 1 is 1.39 bits per heavy atom. The van der Waals surface area contributed by atoms with Gasteiger partial charge >= 0.3 is 6.18 Å². The van der Waals surface area contributed by atoms with Gasteiger partial charge in [-0.25, -0.2) is 4.98 Å². The maximum atomic E-state index is 12.6. The van der Waals surface area contributed by atoms with E-state index in [4.69, 9.17) is 5.11 Å². The minimum atomic E-state index is -4.54. The molecule has 1 atom stereocenters. The smallest absolute Gasteiger partial charge is 0.394 e. The van der Waals surface area contributed by atoms with E-state index in [2.05, 4.69) is 20.6 Å². The van der Waals surface area contributed by atoms with Gasteiger partial charge in [-0.3, -0.25) is 0 Å². The van der Waals surface area contributed by atoms with E-state index < -0.39 is 17.9 Å². The zero-order valence-electron chi connectivity index (χ0n) is 10.0. The molecule has 0 amide bonds. The molecule has 0 unspecified atom stereocenters. The number of aliphatic hydroxyl groups excluding tert-OH is 1. The van der Waals surface area contributed by atoms with E-state index in [0.717, 1.165) is 6.07 Å². The van der Waals surface area contributed by atoms with Crippen molar-refractivity contribution in [3.63, 3.8) is 0 Å². The predicted octanol–water partition coefficient (Wildman–Crippen LogP) is 1.72. The molecule has 0 aliphatic rings. The van der Waals surface area contributed by atoms with Crippen LogP contribution in [0.1, 0.15) is 19.5 Å². The first-order chi connectivity index (χ1) is 8.36. The summed E-state index contributed by atoms with van der Waals surface area (Å²) in [5.41, 5.74) is -1.03. The van der Waals surface area contributed by atoms with Crippen molar-refractivity contribution in [2.75, 3.05) is 23.8 Å². The molecule has 1 aromatic rings. The van der Waals surface area contributed by atoms with Gasteiger partial charge in [0.15, 0.2) is 5.69 Å². The maximum absolute atomic E-state index is 12.6. The summed E-state index contributed by atoms with van der Waals surface area (Å²) < 4.78 is 37.8. The average Bonchev–Trinajstić information content (AvgIpc) is 2.27. The largest absolute Gasteiger partial charge is 0.433 e. The second-order valence-corrected chi connectivity index (χ2v) is 3.72. The number of rotatable bonds is 5. The summed E-state index contributed by atoms with van der Waals surface area (Å²) in [6.07, 6.45) is -4.54. The lowest BCUT2D eigenvalue weighted by molar-refractivity contribution is -0.141. The maximum Gasteiger partial charge on any atom is 0.433 e. The molecule has 3 N–H and O–H groups in total. The number of aliphatic hydroxyl groups is 1. The number of halogens is 3. The molecule has 0 bridgehead atoms. The van der Waals surface area contributed by atoms with Gasteiger partial charge in [0.1, 0.15) is 5.82 Å². The fourth-order valence-corrected chi connectivity index (χ4v) is 1.19. The van der Waals surface area contributed by atoms with Crippen LogP contribution in [-0.2, 0) is 6.18 Å². The summed E-state index contributed by atoms with van der Waals surface area (Å²) in [4.78, 5) is 7.26. The Kier molecular flexibility index (Phi) is 4.71. The van der Waals surface area contributed by atoms with Gasteiger partial charge in [0.05, 0.1) is 6.61 Å². The summed E-state index contributed by atoms with van der Waals surface area (Å²) in [5.74, 6) is -0.0743. The molecular weight excluding hydrogens is 249 g/mol. The summed E-state index contributed by atoms with van der Waals surface area (Å²) in [6.45, 7) is 3.58. The van der Waals surface area contributed by atoms with Crippen LogP contribution < -0.4 is 10.6 Å². The standard InChI is InChI=1S/C10H15F3N4O/c1-3-14-8-4-7(10(11,12)13)16-9(17-8)15-6(2)5-18/h4,6,18H,3,5H2,1-2H3,(H2,14,15,16,17)/t6-/m0/s1. The van der Waals surface area contributed by atoms with E-state index in [0.29, 0.717) is 6.54 Å². The Morgan fingerprint density at radius 2 is 2.06 bits per heavy atom. The van der Waals surface area contributed by atoms with Gasteiger partial charge in [-0.05, 0) is 13.8 Å². The molecule has 18 heavy (non-hydrogen) atoms. The van der Waals surface area contributed by atoms with Gasteiger partial charge in [0.2, 0.25) is 5.95 Å². The first-order valence-corrected chi connectivity index (χ1v) is 5.44. The van der Waals surface area contributed by atoms with Gasteiger partial charge in [-0.1, -0.05) is 0 Å². The van der Waals surface area contributed by atoms with Gasteiger partial charge in [0, 0.05) is 18.7 Å². The third-order valence-corrected chi connectivity index (χ3v) is 2.02. The highest BCUT2D eigenvalue weighted by molar-refractivity contribution is 5.43. The summed E-state index contributed by atoms with van der Waals surface area (Å²) in [5, 5.41) is 14.1. The van der Waals surface area contributed by atoms with Crippen LogP contribution in [0.5, 0.6) is 0 Å². The minimum absolute atomic E-state index is 0.0902. The Balaban J connectivity index is 3.06. The third kappa shape index (κ3) is 4.02. The number of hydrogen-bond donors (Lipinski definition) is 3. The van der Waals surface area contributed by atoms with Crippen molar-refractivity contribution in [1.82, 2.24) is 9.97 Å². The second kappa shape index (κ2) is 5.85. The zero-order chi connectivity index (χ0) is 13.8. The highest BCUT2D eigenvalue weighted by Gasteiger charge is 2.33. The Labute approximate surface area is 102 Å². The molecule has 1 aromatic heterocycles. The van der Waals surface area contributed by atoms with E-state index in [1.54, 1.807) is 13.8 Å². The predicted molar refractivity (Wildman–Crippen MR) is 61.4 cm³/mol. The zero-order valence-corrected chi connectivity index (χ0v) is 10.0. The molecule has 1 heterocycles. The van der Waals surface area contributed by atoms with Crippen LogP contribution in [0, 0.1) is 0 Å². The van der Waals surface area contributed by atoms with Gasteiger partial charge in [0.25, 0.3) is 0 Å². The monoisotopic (exact) mass is 264 g/mol. The molecule has 0 saturated carbocycles. The summed E-state index contributed by atoms with van der Waals surface area (Å²) in [7, 11) is 0. The van der Waals surface area contributed by atoms with Crippen LogP contribution in [-0.4, -0.2) is 34.3 Å². The number of anilines is 2. The van der Waals surface area contributed by atoms with Crippen LogP contribution >= 0.6 is 0 Å². The quantitative estimate of drug-likeness (QED) is 0.755. The van der Waals surface area contributed by atoms with Crippen LogP contribution in [0.3, 0.4) is 0 Å². The Bertz CT molecular complexity index is 397. The van der Waals surface area contributed by atoms with Crippen molar-refractivity contribution in [2.45, 2.75) is 26.1 Å². The Morgan fingerprint density at radius 3 is 2.56 bits per heavy atom. The fraction of sp³-hybridized carbons (Fsp3) is 0.600. The van der Waals surface area contributed by atoms with E-state index in [1.165, 1.54) is 0 Å². The first kappa shape index (κ1) is 14.5. The molecule has 0 spiro atoms. The fourth-order valence-electron chi connectivity index (χ4n) is 1.19. The highest BCUT2D eigenvalue weighted by Crippen LogP contribution is 2.29. The minimum Gasteiger partial charge on any atom is -0.394 e. The summed E-state index contributed by atoms with van der Waals surface area (Å²) in [6, 6.07) is 0.418. The molecule has 102 valence electrons. The number of alkyl halides is 3. The van der Waals surface area contributed by atoms with Crippen molar-refractivity contribution in [2.24, 2.45) is 0 Å². The topological polar surface area (TPSA) is 70.1 Å². The lowest BCUT2D eigenvalue weighted by atomic mass is 10.3. The molecule has 1 rings (SSSR count). The summed E-state index contributed by atoms with van der Waals surface area (Å²) >= 11 is 0. The molecule has 0 aliphatic carbocycles. The van der Waals surface area contributed by atoms with Crippen LogP contribution in [0.15, 0.2) is 6.07 Å². The molecule has 8 heteroatoms. The van der Waals surface area contributed by atoms with E-state index in [-0.39, 0.29) is 18.4 Å². The third-order valence-electron chi connectivity index (χ3n) is 2.02. The van der Waals surface area contributed by atoms with Crippen molar-refractivity contribution < 1.29 is 18.3 Å². The SMILES string of the molecule is CCNc1cc(C(F)(F)F)nc(N[C@@H](C)CO)n1. The molecule has 0 fully saturated rings. The molecule has 0 radical (unpaired) electrons. The van der Waals surface area contributed by atoms with Crippen molar-refractivity contribution in [1.29, 1.82) is 0 Å². The van der Waals surface area contributed by atoms with Gasteiger partial charge in [-0.15, -0.1) is 0 Å². The lowest BCUT2D eigenvalue weighted by Crippen LogP contribution is -2.22. The Hall–Kier alpha value is -1.57. The van der Waals surface area contributed by atoms with Crippen molar-refractivity contribution in [3.8, 4) is 0 Å². The van der Waals surface area contributed by atoms with Gasteiger partial charge in [-0.2, -0.15) is 18.2 Å².